The molecule has 4 aliphatic rings. The van der Waals surface area contributed by atoms with Crippen molar-refractivity contribution in [1.82, 2.24) is 20.6 Å². The highest BCUT2D eigenvalue weighted by Crippen LogP contribution is 2.69. The molecular weight excluding hydrogens is 412 g/mol. The van der Waals surface area contributed by atoms with Gasteiger partial charge >= 0.3 is 0 Å². The molecule has 0 radical (unpaired) electrons. The Hall–Kier alpha value is -1.01. The summed E-state index contributed by atoms with van der Waals surface area (Å²) in [5, 5.41) is 36.7. The smallest absolute Gasteiger partial charge is 0.148 e. The quantitative estimate of drug-likeness (QED) is 0.570. The van der Waals surface area contributed by atoms with Crippen LogP contribution in [0.25, 0.3) is 0 Å². The van der Waals surface area contributed by atoms with E-state index in [9.17, 15) is 10.2 Å². The summed E-state index contributed by atoms with van der Waals surface area (Å²) in [6.45, 7) is 9.84. The number of hydrogen-bond acceptors (Lipinski definition) is 5. The predicted octanol–water partition coefficient (Wildman–Crippen LogP) is 4.79. The Labute approximate surface area is 199 Å². The average Bonchev–Trinajstić information content (AvgIpc) is 3.42. The van der Waals surface area contributed by atoms with Crippen LogP contribution in [-0.4, -0.2) is 43.0 Å². The standard InChI is InChI=1S/C27H46N4O2/c1-5-18-22-15-17(32)11-13-27(22,4)21-12-14-26(3)19(9-10-20(26)24(21)25(18)33)16(2)7-6-8-23-28-30-31-29-23/h16-22,24-25,32-33H,5-15H2,1-4H3,(H,28,29,30,31)/t16-,17-,18-,19-,20+,21+,22?,24-,25-,26?,27?/m1/s1. The number of hydrogen-bond donors (Lipinski definition) is 3. The lowest BCUT2D eigenvalue weighted by molar-refractivity contribution is -0.203. The van der Waals surface area contributed by atoms with Gasteiger partial charge in [-0.2, -0.15) is 0 Å². The second-order valence-electron chi connectivity index (χ2n) is 12.8. The first-order chi connectivity index (χ1) is 15.8. The van der Waals surface area contributed by atoms with Crippen LogP contribution in [0.2, 0.25) is 0 Å². The van der Waals surface area contributed by atoms with E-state index in [2.05, 4.69) is 48.3 Å². The molecular formula is C27H46N4O2. The molecule has 11 atom stereocenters. The summed E-state index contributed by atoms with van der Waals surface area (Å²) in [6, 6.07) is 0. The number of nitrogens with one attached hydrogen (secondary N) is 1. The van der Waals surface area contributed by atoms with Crippen molar-refractivity contribution < 1.29 is 10.2 Å². The maximum Gasteiger partial charge on any atom is 0.148 e. The van der Waals surface area contributed by atoms with E-state index in [4.69, 9.17) is 0 Å². The molecule has 0 aromatic carbocycles. The molecule has 1 aromatic heterocycles. The topological polar surface area (TPSA) is 94.9 Å². The normalized spacial score (nSPS) is 48.1. The SMILES string of the molecule is CC[C@@H]1C2C[C@H](O)CCC2(C)[C@H]2CCC3(C)[C@@H]([C@H](C)CCCc4nnn[nH]4)CC[C@H]3[C@H]2[C@@H]1O. The number of fused-ring (bicyclic) bond motifs is 5. The van der Waals surface area contributed by atoms with Crippen LogP contribution in [0.1, 0.15) is 97.7 Å². The highest BCUT2D eigenvalue weighted by Gasteiger charge is 2.64. The lowest BCUT2D eigenvalue weighted by atomic mass is 9.41. The van der Waals surface area contributed by atoms with Crippen molar-refractivity contribution >= 4 is 0 Å². The summed E-state index contributed by atoms with van der Waals surface area (Å²) in [6.07, 6.45) is 12.1. The Morgan fingerprint density at radius 2 is 1.79 bits per heavy atom. The van der Waals surface area contributed by atoms with E-state index in [1.165, 1.54) is 32.1 Å². The molecule has 5 rings (SSSR count). The van der Waals surface area contributed by atoms with E-state index in [1.54, 1.807) is 0 Å². The van der Waals surface area contributed by atoms with Gasteiger partial charge in [0.05, 0.1) is 12.2 Å². The molecule has 3 N–H and O–H groups in total. The highest BCUT2D eigenvalue weighted by atomic mass is 16.3. The number of tetrazole rings is 1. The summed E-state index contributed by atoms with van der Waals surface area (Å²) in [5.74, 6) is 4.90. The average molecular weight is 459 g/mol. The Kier molecular flexibility index (Phi) is 6.39. The van der Waals surface area contributed by atoms with E-state index in [1.807, 2.05) is 0 Å². The lowest BCUT2D eigenvalue weighted by Gasteiger charge is -2.64. The van der Waals surface area contributed by atoms with Crippen LogP contribution < -0.4 is 0 Å². The Bertz CT molecular complexity index is 802. The molecule has 0 aliphatic heterocycles. The maximum atomic E-state index is 11.8. The van der Waals surface area contributed by atoms with Crippen molar-refractivity contribution in [2.75, 3.05) is 0 Å². The van der Waals surface area contributed by atoms with Gasteiger partial charge in [0.2, 0.25) is 0 Å². The van der Waals surface area contributed by atoms with Crippen molar-refractivity contribution in [3.05, 3.63) is 5.82 Å². The van der Waals surface area contributed by atoms with Crippen molar-refractivity contribution in [2.45, 2.75) is 111 Å². The molecule has 3 unspecified atom stereocenters. The molecule has 4 saturated carbocycles. The molecule has 0 amide bonds. The fourth-order valence-corrected chi connectivity index (χ4v) is 10.0. The Morgan fingerprint density at radius 3 is 2.52 bits per heavy atom. The van der Waals surface area contributed by atoms with Gasteiger partial charge in [0.25, 0.3) is 0 Å². The number of H-pyrrole nitrogens is 1. The zero-order chi connectivity index (χ0) is 23.4. The van der Waals surface area contributed by atoms with Crippen LogP contribution in [0.5, 0.6) is 0 Å². The van der Waals surface area contributed by atoms with Gasteiger partial charge in [-0.05, 0) is 120 Å². The molecule has 0 spiro atoms. The number of aromatic nitrogens is 4. The molecule has 0 bridgehead atoms. The van der Waals surface area contributed by atoms with Gasteiger partial charge in [-0.3, -0.25) is 0 Å². The summed E-state index contributed by atoms with van der Waals surface area (Å²) in [4.78, 5) is 0. The maximum absolute atomic E-state index is 11.8. The van der Waals surface area contributed by atoms with Crippen LogP contribution in [0.15, 0.2) is 0 Å². The van der Waals surface area contributed by atoms with Crippen LogP contribution in [0.4, 0.5) is 0 Å². The summed E-state index contributed by atoms with van der Waals surface area (Å²) in [5.41, 5.74) is 0.644. The van der Waals surface area contributed by atoms with Crippen molar-refractivity contribution in [3.8, 4) is 0 Å². The second kappa shape index (κ2) is 8.89. The summed E-state index contributed by atoms with van der Waals surface area (Å²) >= 11 is 0. The van der Waals surface area contributed by atoms with Gasteiger partial charge in [0, 0.05) is 6.42 Å². The van der Waals surface area contributed by atoms with Crippen LogP contribution in [0.3, 0.4) is 0 Å². The minimum atomic E-state index is -0.194. The van der Waals surface area contributed by atoms with E-state index in [0.29, 0.717) is 46.3 Å². The van der Waals surface area contributed by atoms with E-state index >= 15 is 0 Å². The first-order valence-electron chi connectivity index (χ1n) is 13.9. The molecule has 4 fully saturated rings. The number of aliphatic hydroxyl groups is 2. The van der Waals surface area contributed by atoms with E-state index in [0.717, 1.165) is 50.3 Å². The Morgan fingerprint density at radius 1 is 1.03 bits per heavy atom. The van der Waals surface area contributed by atoms with Crippen LogP contribution >= 0.6 is 0 Å². The third-order valence-corrected chi connectivity index (χ3v) is 11.6. The molecule has 0 saturated heterocycles. The fraction of sp³-hybridized carbons (Fsp3) is 0.963. The zero-order valence-electron chi connectivity index (χ0n) is 21.2. The molecule has 1 aromatic rings. The fourth-order valence-electron chi connectivity index (χ4n) is 10.0. The molecule has 6 heteroatoms. The van der Waals surface area contributed by atoms with Gasteiger partial charge in [0.1, 0.15) is 5.82 Å². The Balaban J connectivity index is 1.34. The molecule has 186 valence electrons. The van der Waals surface area contributed by atoms with Gasteiger partial charge in [-0.25, -0.2) is 5.10 Å². The lowest BCUT2D eigenvalue weighted by Crippen LogP contribution is -2.62. The van der Waals surface area contributed by atoms with Crippen molar-refractivity contribution in [1.29, 1.82) is 0 Å². The highest BCUT2D eigenvalue weighted by molar-refractivity contribution is 5.13. The van der Waals surface area contributed by atoms with E-state index in [-0.39, 0.29) is 12.2 Å². The number of aromatic amines is 1. The number of nitrogens with zero attached hydrogens (tertiary/aromatic N) is 3. The minimum Gasteiger partial charge on any atom is -0.393 e. The molecule has 1 heterocycles. The van der Waals surface area contributed by atoms with Gasteiger partial charge in [-0.15, -0.1) is 5.10 Å². The first-order valence-corrected chi connectivity index (χ1v) is 13.9. The van der Waals surface area contributed by atoms with Crippen molar-refractivity contribution in [3.63, 3.8) is 0 Å². The van der Waals surface area contributed by atoms with Gasteiger partial charge in [0.15, 0.2) is 0 Å². The van der Waals surface area contributed by atoms with Crippen LogP contribution in [0, 0.1) is 52.3 Å². The molecule has 6 nitrogen and oxygen atoms in total. The third kappa shape index (κ3) is 3.78. The monoisotopic (exact) mass is 458 g/mol. The summed E-state index contributed by atoms with van der Waals surface area (Å²) < 4.78 is 0. The van der Waals surface area contributed by atoms with Crippen LogP contribution in [-0.2, 0) is 6.42 Å². The summed E-state index contributed by atoms with van der Waals surface area (Å²) in [7, 11) is 0. The molecule has 33 heavy (non-hydrogen) atoms. The van der Waals surface area contributed by atoms with Gasteiger partial charge in [-0.1, -0.05) is 34.1 Å². The molecule has 4 aliphatic carbocycles. The van der Waals surface area contributed by atoms with Crippen molar-refractivity contribution in [2.24, 2.45) is 52.3 Å². The predicted molar refractivity (Wildman–Crippen MR) is 128 cm³/mol. The zero-order valence-corrected chi connectivity index (χ0v) is 21.2. The second-order valence-corrected chi connectivity index (χ2v) is 12.8. The largest absolute Gasteiger partial charge is 0.393 e. The van der Waals surface area contributed by atoms with Gasteiger partial charge < -0.3 is 10.2 Å². The first kappa shape index (κ1) is 23.7. The number of rotatable bonds is 6. The van der Waals surface area contributed by atoms with E-state index < -0.39 is 0 Å². The number of aryl methyl sites for hydroxylation is 1. The third-order valence-electron chi connectivity index (χ3n) is 11.6. The number of aliphatic hydroxyl groups excluding tert-OH is 2. The minimum absolute atomic E-state index is 0.167.